The maximum absolute atomic E-state index is 12.4. The lowest BCUT2D eigenvalue weighted by atomic mass is 10.2. The molecule has 1 fully saturated rings. The minimum atomic E-state index is -3.72. The normalized spacial score (nSPS) is 17.8. The summed E-state index contributed by atoms with van der Waals surface area (Å²) in [6.45, 7) is 0. The maximum Gasteiger partial charge on any atom is 0.261 e. The Bertz CT molecular complexity index is 855. The molecule has 2 N–H and O–H groups in total. The van der Waals surface area contributed by atoms with E-state index in [-0.39, 0.29) is 16.2 Å². The average molecular weight is 369 g/mol. The molecule has 0 spiro atoms. The third-order valence-electron chi connectivity index (χ3n) is 3.22. The molecule has 0 radical (unpaired) electrons. The van der Waals surface area contributed by atoms with Crippen molar-refractivity contribution in [2.45, 2.75) is 10.3 Å². The molecular formula is C15H13ClN2O3S2. The minimum absolute atomic E-state index is 0.0232. The molecule has 0 aliphatic carbocycles. The molecule has 0 unspecified atom stereocenters. The lowest BCUT2D eigenvalue weighted by Gasteiger charge is -2.13. The fourth-order valence-electron chi connectivity index (χ4n) is 2.18. The van der Waals surface area contributed by atoms with Crippen LogP contribution in [-0.4, -0.2) is 20.1 Å². The zero-order valence-electron chi connectivity index (χ0n) is 11.8. The highest BCUT2D eigenvalue weighted by Crippen LogP contribution is 2.32. The lowest BCUT2D eigenvalue weighted by Crippen LogP contribution is -2.19. The molecule has 2 aromatic rings. The SMILES string of the molecule is O=C1CS[C@@H](c2cccc(NS(=O)(=O)c3cccc(Cl)c3)c2)N1. The Kier molecular flexibility index (Phi) is 4.52. The molecular weight excluding hydrogens is 356 g/mol. The highest BCUT2D eigenvalue weighted by molar-refractivity contribution is 8.00. The van der Waals surface area contributed by atoms with E-state index in [2.05, 4.69) is 10.0 Å². The Hall–Kier alpha value is -1.70. The van der Waals surface area contributed by atoms with Gasteiger partial charge in [0.1, 0.15) is 5.37 Å². The summed E-state index contributed by atoms with van der Waals surface area (Å²) in [6, 6.07) is 13.0. The monoisotopic (exact) mass is 368 g/mol. The number of hydrogen-bond donors (Lipinski definition) is 2. The van der Waals surface area contributed by atoms with Gasteiger partial charge in [0.25, 0.3) is 10.0 Å². The first kappa shape index (κ1) is 16.2. The third-order valence-corrected chi connectivity index (χ3v) is 5.99. The van der Waals surface area contributed by atoms with E-state index in [1.165, 1.54) is 23.9 Å². The van der Waals surface area contributed by atoms with Crippen molar-refractivity contribution in [3.05, 3.63) is 59.1 Å². The zero-order valence-corrected chi connectivity index (χ0v) is 14.2. The van der Waals surface area contributed by atoms with E-state index < -0.39 is 10.0 Å². The summed E-state index contributed by atoms with van der Waals surface area (Å²) in [5.41, 5.74) is 1.27. The highest BCUT2D eigenvalue weighted by atomic mass is 35.5. The van der Waals surface area contributed by atoms with E-state index in [1.54, 1.807) is 30.3 Å². The fourth-order valence-corrected chi connectivity index (χ4v) is 4.49. The number of sulfonamides is 1. The molecule has 2 aromatic carbocycles. The number of carbonyl (C=O) groups is 1. The summed E-state index contributed by atoms with van der Waals surface area (Å²) < 4.78 is 27.3. The summed E-state index contributed by atoms with van der Waals surface area (Å²) in [7, 11) is -3.72. The second-order valence-corrected chi connectivity index (χ2v) is 8.16. The number of anilines is 1. The Balaban J connectivity index is 1.84. The predicted octanol–water partition coefficient (Wildman–Crippen LogP) is 3.00. The predicted molar refractivity (Wildman–Crippen MR) is 92.0 cm³/mol. The van der Waals surface area contributed by atoms with Gasteiger partial charge >= 0.3 is 0 Å². The molecule has 1 atom stereocenters. The number of rotatable bonds is 4. The van der Waals surface area contributed by atoms with E-state index >= 15 is 0 Å². The quantitative estimate of drug-likeness (QED) is 0.869. The van der Waals surface area contributed by atoms with Gasteiger partial charge in [-0.25, -0.2) is 8.42 Å². The van der Waals surface area contributed by atoms with Gasteiger partial charge in [0.15, 0.2) is 0 Å². The summed E-state index contributed by atoms with van der Waals surface area (Å²) in [5, 5.41) is 3.03. The van der Waals surface area contributed by atoms with Gasteiger partial charge in [-0.2, -0.15) is 0 Å². The number of amides is 1. The molecule has 0 aromatic heterocycles. The van der Waals surface area contributed by atoms with Crippen LogP contribution in [0.1, 0.15) is 10.9 Å². The first-order valence-corrected chi connectivity index (χ1v) is 9.64. The van der Waals surface area contributed by atoms with Gasteiger partial charge in [0.05, 0.1) is 10.6 Å². The summed E-state index contributed by atoms with van der Waals surface area (Å²) in [5.74, 6) is 0.383. The molecule has 8 heteroatoms. The van der Waals surface area contributed by atoms with E-state index in [1.807, 2.05) is 6.07 Å². The number of thioether (sulfide) groups is 1. The standard InChI is InChI=1S/C15H13ClN2O3S2/c16-11-4-2-6-13(8-11)23(20,21)18-12-5-1-3-10(7-12)15-17-14(19)9-22-15/h1-8,15,18H,9H2,(H,17,19)/t15-/m0/s1. The number of benzene rings is 2. The van der Waals surface area contributed by atoms with Gasteiger partial charge in [0.2, 0.25) is 5.91 Å². The van der Waals surface area contributed by atoms with Crippen molar-refractivity contribution in [2.24, 2.45) is 0 Å². The Morgan fingerprint density at radius 3 is 2.65 bits per heavy atom. The van der Waals surface area contributed by atoms with E-state index in [0.29, 0.717) is 16.5 Å². The van der Waals surface area contributed by atoms with Gasteiger partial charge in [-0.1, -0.05) is 29.8 Å². The van der Waals surface area contributed by atoms with Crippen molar-refractivity contribution in [1.82, 2.24) is 5.32 Å². The molecule has 23 heavy (non-hydrogen) atoms. The van der Waals surface area contributed by atoms with Crippen LogP contribution in [0.3, 0.4) is 0 Å². The molecule has 1 saturated heterocycles. The molecule has 1 amide bonds. The first-order valence-electron chi connectivity index (χ1n) is 6.73. The molecule has 1 heterocycles. The average Bonchev–Trinajstić information content (AvgIpc) is 2.94. The van der Waals surface area contributed by atoms with E-state index in [9.17, 15) is 13.2 Å². The Labute approximate surface area is 143 Å². The third kappa shape index (κ3) is 3.80. The van der Waals surface area contributed by atoms with Gasteiger partial charge in [-0.15, -0.1) is 11.8 Å². The summed E-state index contributed by atoms with van der Waals surface area (Å²) in [4.78, 5) is 11.4. The molecule has 3 rings (SSSR count). The zero-order chi connectivity index (χ0) is 16.4. The van der Waals surface area contributed by atoms with Crippen LogP contribution in [-0.2, 0) is 14.8 Å². The van der Waals surface area contributed by atoms with Crippen molar-refractivity contribution in [1.29, 1.82) is 0 Å². The Morgan fingerprint density at radius 2 is 1.96 bits per heavy atom. The second-order valence-electron chi connectivity index (χ2n) is 4.95. The van der Waals surface area contributed by atoms with Crippen molar-refractivity contribution in [3.8, 4) is 0 Å². The molecule has 120 valence electrons. The smallest absolute Gasteiger partial charge is 0.261 e. The number of halogens is 1. The number of hydrogen-bond acceptors (Lipinski definition) is 4. The highest BCUT2D eigenvalue weighted by Gasteiger charge is 2.23. The van der Waals surface area contributed by atoms with Crippen LogP contribution in [0.5, 0.6) is 0 Å². The van der Waals surface area contributed by atoms with E-state index in [4.69, 9.17) is 11.6 Å². The van der Waals surface area contributed by atoms with E-state index in [0.717, 1.165) is 5.56 Å². The fraction of sp³-hybridized carbons (Fsp3) is 0.133. The summed E-state index contributed by atoms with van der Waals surface area (Å²) >= 11 is 7.32. The minimum Gasteiger partial charge on any atom is -0.339 e. The van der Waals surface area contributed by atoms with Crippen LogP contribution in [0.15, 0.2) is 53.4 Å². The molecule has 1 aliphatic rings. The largest absolute Gasteiger partial charge is 0.339 e. The van der Waals surface area contributed by atoms with Crippen molar-refractivity contribution in [2.75, 3.05) is 10.5 Å². The van der Waals surface area contributed by atoms with Crippen molar-refractivity contribution < 1.29 is 13.2 Å². The number of carbonyl (C=O) groups excluding carboxylic acids is 1. The maximum atomic E-state index is 12.4. The number of nitrogens with one attached hydrogen (secondary N) is 2. The van der Waals surface area contributed by atoms with Crippen LogP contribution < -0.4 is 10.0 Å². The van der Waals surface area contributed by atoms with Crippen LogP contribution in [0.2, 0.25) is 5.02 Å². The topological polar surface area (TPSA) is 75.3 Å². The summed E-state index contributed by atoms with van der Waals surface area (Å²) in [6.07, 6.45) is 0. The second kappa shape index (κ2) is 6.43. The van der Waals surface area contributed by atoms with Crippen LogP contribution in [0.25, 0.3) is 0 Å². The molecule has 0 saturated carbocycles. The van der Waals surface area contributed by atoms with Crippen molar-refractivity contribution in [3.63, 3.8) is 0 Å². The van der Waals surface area contributed by atoms with Gasteiger partial charge < -0.3 is 5.32 Å². The first-order chi connectivity index (χ1) is 10.9. The van der Waals surface area contributed by atoms with Crippen molar-refractivity contribution >= 4 is 45.0 Å². The van der Waals surface area contributed by atoms with Crippen LogP contribution in [0, 0.1) is 0 Å². The lowest BCUT2D eigenvalue weighted by molar-refractivity contribution is -0.118. The molecule has 0 bridgehead atoms. The molecule has 1 aliphatic heterocycles. The van der Waals surface area contributed by atoms with Crippen LogP contribution >= 0.6 is 23.4 Å². The van der Waals surface area contributed by atoms with Gasteiger partial charge in [-0.3, -0.25) is 9.52 Å². The van der Waals surface area contributed by atoms with Gasteiger partial charge in [-0.05, 0) is 35.9 Å². The molecule has 5 nitrogen and oxygen atoms in total. The van der Waals surface area contributed by atoms with Gasteiger partial charge in [0, 0.05) is 10.7 Å². The Morgan fingerprint density at radius 1 is 1.17 bits per heavy atom. The van der Waals surface area contributed by atoms with Crippen LogP contribution in [0.4, 0.5) is 5.69 Å².